The first-order chi connectivity index (χ1) is 9.24. The van der Waals surface area contributed by atoms with E-state index in [0.717, 1.165) is 22.6 Å². The SMILES string of the molecule is CC(C)c1cc(-c2cnco2)cc(-c2cnco2)c1. The van der Waals surface area contributed by atoms with Gasteiger partial charge in [-0.25, -0.2) is 9.97 Å². The predicted octanol–water partition coefficient (Wildman–Crippen LogP) is 4.12. The summed E-state index contributed by atoms with van der Waals surface area (Å²) < 4.78 is 10.7. The van der Waals surface area contributed by atoms with Gasteiger partial charge in [0.05, 0.1) is 12.4 Å². The van der Waals surface area contributed by atoms with Crippen molar-refractivity contribution in [2.24, 2.45) is 0 Å². The molecule has 0 aliphatic rings. The molecule has 96 valence electrons. The molecule has 1 aromatic carbocycles. The second kappa shape index (κ2) is 4.72. The van der Waals surface area contributed by atoms with E-state index in [-0.39, 0.29) is 0 Å². The number of hydrogen-bond acceptors (Lipinski definition) is 4. The van der Waals surface area contributed by atoms with Crippen LogP contribution in [0.1, 0.15) is 25.3 Å². The fourth-order valence-electron chi connectivity index (χ4n) is 1.99. The molecule has 0 N–H and O–H groups in total. The molecule has 0 aliphatic heterocycles. The Morgan fingerprint density at radius 3 is 1.74 bits per heavy atom. The molecule has 3 rings (SSSR count). The summed E-state index contributed by atoms with van der Waals surface area (Å²) in [5.41, 5.74) is 3.21. The van der Waals surface area contributed by atoms with Crippen LogP contribution in [0.5, 0.6) is 0 Å². The van der Waals surface area contributed by atoms with Crippen LogP contribution >= 0.6 is 0 Å². The number of rotatable bonds is 3. The first kappa shape index (κ1) is 11.7. The van der Waals surface area contributed by atoms with Crippen LogP contribution in [-0.4, -0.2) is 9.97 Å². The summed E-state index contributed by atoms with van der Waals surface area (Å²) in [6, 6.07) is 6.25. The Kier molecular flexibility index (Phi) is 2.91. The molecule has 4 nitrogen and oxygen atoms in total. The van der Waals surface area contributed by atoms with E-state index in [1.54, 1.807) is 12.4 Å². The maximum Gasteiger partial charge on any atom is 0.181 e. The van der Waals surface area contributed by atoms with Crippen molar-refractivity contribution in [3.8, 4) is 22.6 Å². The molecular formula is C15H14N2O2. The van der Waals surface area contributed by atoms with Crippen molar-refractivity contribution in [3.05, 3.63) is 48.9 Å². The molecule has 0 amide bonds. The van der Waals surface area contributed by atoms with Gasteiger partial charge in [0.15, 0.2) is 24.3 Å². The predicted molar refractivity (Wildman–Crippen MR) is 71.5 cm³/mol. The van der Waals surface area contributed by atoms with Crippen molar-refractivity contribution in [1.29, 1.82) is 0 Å². The van der Waals surface area contributed by atoms with Crippen LogP contribution in [0.4, 0.5) is 0 Å². The third-order valence-corrected chi connectivity index (χ3v) is 3.06. The highest BCUT2D eigenvalue weighted by atomic mass is 16.3. The first-order valence-electron chi connectivity index (χ1n) is 6.17. The highest BCUT2D eigenvalue weighted by molar-refractivity contribution is 5.68. The van der Waals surface area contributed by atoms with Crippen molar-refractivity contribution in [2.45, 2.75) is 19.8 Å². The smallest absolute Gasteiger partial charge is 0.181 e. The molecular weight excluding hydrogens is 240 g/mol. The number of nitrogens with zero attached hydrogens (tertiary/aromatic N) is 2. The van der Waals surface area contributed by atoms with Gasteiger partial charge in [0.25, 0.3) is 0 Å². The largest absolute Gasteiger partial charge is 0.444 e. The summed E-state index contributed by atoms with van der Waals surface area (Å²) in [5.74, 6) is 1.93. The van der Waals surface area contributed by atoms with E-state index in [4.69, 9.17) is 8.83 Å². The van der Waals surface area contributed by atoms with Crippen LogP contribution < -0.4 is 0 Å². The summed E-state index contributed by atoms with van der Waals surface area (Å²) >= 11 is 0. The topological polar surface area (TPSA) is 52.1 Å². The van der Waals surface area contributed by atoms with Crippen LogP contribution in [0.15, 0.2) is 52.2 Å². The average Bonchev–Trinajstić information content (AvgIpc) is 3.11. The summed E-state index contributed by atoms with van der Waals surface area (Å²) in [4.78, 5) is 7.93. The van der Waals surface area contributed by atoms with Gasteiger partial charge in [-0.3, -0.25) is 0 Å². The minimum atomic E-state index is 0.421. The van der Waals surface area contributed by atoms with E-state index in [0.29, 0.717) is 5.92 Å². The zero-order chi connectivity index (χ0) is 13.2. The Bertz CT molecular complexity index is 603. The third-order valence-electron chi connectivity index (χ3n) is 3.06. The van der Waals surface area contributed by atoms with Crippen molar-refractivity contribution in [1.82, 2.24) is 9.97 Å². The van der Waals surface area contributed by atoms with Gasteiger partial charge in [0, 0.05) is 11.1 Å². The lowest BCUT2D eigenvalue weighted by molar-refractivity contribution is 0.570. The van der Waals surface area contributed by atoms with E-state index in [2.05, 4.69) is 35.9 Å². The third kappa shape index (κ3) is 2.29. The number of aromatic nitrogens is 2. The Morgan fingerprint density at radius 1 is 0.842 bits per heavy atom. The number of benzene rings is 1. The quantitative estimate of drug-likeness (QED) is 0.705. The summed E-state index contributed by atoms with van der Waals surface area (Å²) in [6.45, 7) is 4.31. The molecule has 2 aromatic heterocycles. The Hall–Kier alpha value is -2.36. The molecule has 19 heavy (non-hydrogen) atoms. The molecule has 0 atom stereocenters. The second-order valence-corrected chi connectivity index (χ2v) is 4.73. The highest BCUT2D eigenvalue weighted by Gasteiger charge is 2.11. The van der Waals surface area contributed by atoms with Gasteiger partial charge < -0.3 is 8.83 Å². The van der Waals surface area contributed by atoms with Crippen molar-refractivity contribution < 1.29 is 8.83 Å². The number of hydrogen-bond donors (Lipinski definition) is 0. The van der Waals surface area contributed by atoms with Gasteiger partial charge in [-0.15, -0.1) is 0 Å². The molecule has 3 aromatic rings. The van der Waals surface area contributed by atoms with Gasteiger partial charge in [0.1, 0.15) is 0 Å². The summed E-state index contributed by atoms with van der Waals surface area (Å²) in [5, 5.41) is 0. The Morgan fingerprint density at radius 2 is 1.37 bits per heavy atom. The van der Waals surface area contributed by atoms with Gasteiger partial charge in [-0.05, 0) is 29.7 Å². The zero-order valence-electron chi connectivity index (χ0n) is 10.8. The Balaban J connectivity index is 2.15. The standard InChI is InChI=1S/C15H14N2O2/c1-10(2)11-3-12(14-6-16-8-18-14)5-13(4-11)15-7-17-9-19-15/h3-10H,1-2H3. The van der Waals surface area contributed by atoms with Crippen LogP contribution in [-0.2, 0) is 0 Å². The van der Waals surface area contributed by atoms with E-state index in [1.807, 2.05) is 6.07 Å². The maximum atomic E-state index is 5.37. The molecule has 0 unspecified atom stereocenters. The van der Waals surface area contributed by atoms with Crippen LogP contribution in [0, 0.1) is 0 Å². The van der Waals surface area contributed by atoms with Gasteiger partial charge in [0.2, 0.25) is 0 Å². The molecule has 0 spiro atoms. The average molecular weight is 254 g/mol. The van der Waals surface area contributed by atoms with Crippen molar-refractivity contribution >= 4 is 0 Å². The lowest BCUT2D eigenvalue weighted by Crippen LogP contribution is -1.90. The van der Waals surface area contributed by atoms with E-state index < -0.39 is 0 Å². The normalized spacial score (nSPS) is 11.1. The molecule has 0 fully saturated rings. The summed E-state index contributed by atoms with van der Waals surface area (Å²) in [6.07, 6.45) is 6.30. The van der Waals surface area contributed by atoms with E-state index in [1.165, 1.54) is 18.4 Å². The first-order valence-corrected chi connectivity index (χ1v) is 6.17. The lowest BCUT2D eigenvalue weighted by atomic mass is 9.96. The molecule has 0 saturated carbocycles. The van der Waals surface area contributed by atoms with Crippen LogP contribution in [0.25, 0.3) is 22.6 Å². The highest BCUT2D eigenvalue weighted by Crippen LogP contribution is 2.30. The minimum absolute atomic E-state index is 0.421. The second-order valence-electron chi connectivity index (χ2n) is 4.73. The van der Waals surface area contributed by atoms with E-state index >= 15 is 0 Å². The van der Waals surface area contributed by atoms with Gasteiger partial charge in [-0.2, -0.15) is 0 Å². The van der Waals surface area contributed by atoms with Crippen molar-refractivity contribution in [3.63, 3.8) is 0 Å². The van der Waals surface area contributed by atoms with E-state index in [9.17, 15) is 0 Å². The molecule has 0 radical (unpaired) electrons. The summed E-state index contributed by atoms with van der Waals surface area (Å²) in [7, 11) is 0. The van der Waals surface area contributed by atoms with Crippen molar-refractivity contribution in [2.75, 3.05) is 0 Å². The molecule has 2 heterocycles. The lowest BCUT2D eigenvalue weighted by Gasteiger charge is -2.09. The van der Waals surface area contributed by atoms with Gasteiger partial charge in [-0.1, -0.05) is 13.8 Å². The molecule has 0 aliphatic carbocycles. The number of oxazole rings is 2. The molecule has 4 heteroatoms. The zero-order valence-corrected chi connectivity index (χ0v) is 10.8. The fourth-order valence-corrected chi connectivity index (χ4v) is 1.99. The monoisotopic (exact) mass is 254 g/mol. The molecule has 0 bridgehead atoms. The van der Waals surface area contributed by atoms with Crippen LogP contribution in [0.2, 0.25) is 0 Å². The minimum Gasteiger partial charge on any atom is -0.444 e. The maximum absolute atomic E-state index is 5.37. The molecule has 0 saturated heterocycles. The van der Waals surface area contributed by atoms with Crippen LogP contribution in [0.3, 0.4) is 0 Å². The van der Waals surface area contributed by atoms with Gasteiger partial charge >= 0.3 is 0 Å². The Labute approximate surface area is 111 Å². The fraction of sp³-hybridized carbons (Fsp3) is 0.200.